The van der Waals surface area contributed by atoms with Crippen molar-refractivity contribution in [1.29, 1.82) is 0 Å². The zero-order valence-corrected chi connectivity index (χ0v) is 15.2. The quantitative estimate of drug-likeness (QED) is 0.666. The van der Waals surface area contributed by atoms with Gasteiger partial charge in [0.05, 0.1) is 12.5 Å². The van der Waals surface area contributed by atoms with Crippen LogP contribution in [-0.2, 0) is 16.0 Å². The Balaban J connectivity index is 1.78. The van der Waals surface area contributed by atoms with E-state index in [1.54, 1.807) is 0 Å². The molecule has 0 radical (unpaired) electrons. The Hall–Kier alpha value is -2.63. The molecule has 0 saturated carbocycles. The van der Waals surface area contributed by atoms with Crippen LogP contribution in [0.3, 0.4) is 0 Å². The molecular weight excluding hydrogens is 330 g/mol. The smallest absolute Gasteiger partial charge is 0.310 e. The lowest BCUT2D eigenvalue weighted by molar-refractivity contribution is -0.148. The number of nitrogens with zero attached hydrogens (tertiary/aromatic N) is 3. The number of hydrogen-bond acceptors (Lipinski definition) is 6. The van der Waals surface area contributed by atoms with Crippen molar-refractivity contribution in [2.75, 3.05) is 24.6 Å². The number of ether oxygens (including phenoxy) is 1. The predicted octanol–water partition coefficient (Wildman–Crippen LogP) is 3.72. The number of carbonyl (C=O) groups is 1. The van der Waals surface area contributed by atoms with Crippen LogP contribution in [0.1, 0.15) is 32.5 Å². The molecule has 1 saturated heterocycles. The average molecular weight is 353 g/mol. The molecule has 1 atom stereocenters. The second-order valence-corrected chi connectivity index (χ2v) is 6.63. The third kappa shape index (κ3) is 2.89. The zero-order valence-electron chi connectivity index (χ0n) is 15.2. The monoisotopic (exact) mass is 353 g/mol. The van der Waals surface area contributed by atoms with Crippen molar-refractivity contribution in [1.82, 2.24) is 9.97 Å². The summed E-state index contributed by atoms with van der Waals surface area (Å²) in [4.78, 5) is 23.8. The van der Waals surface area contributed by atoms with E-state index < -0.39 is 0 Å². The Morgan fingerprint density at radius 2 is 2.15 bits per heavy atom. The molecule has 1 fully saturated rings. The van der Waals surface area contributed by atoms with Gasteiger partial charge in [0.2, 0.25) is 0 Å². The highest BCUT2D eigenvalue weighted by molar-refractivity contribution is 6.05. The van der Waals surface area contributed by atoms with E-state index in [1.165, 1.54) is 0 Å². The highest BCUT2D eigenvalue weighted by Crippen LogP contribution is 2.34. The van der Waals surface area contributed by atoms with Gasteiger partial charge in [-0.3, -0.25) is 4.79 Å². The van der Waals surface area contributed by atoms with Crippen LogP contribution in [0, 0.1) is 5.92 Å². The Morgan fingerprint density at radius 1 is 1.31 bits per heavy atom. The minimum Gasteiger partial charge on any atom is -0.466 e. The van der Waals surface area contributed by atoms with Gasteiger partial charge in [0.25, 0.3) is 0 Å². The first kappa shape index (κ1) is 16.8. The number of fused-ring (bicyclic) bond motifs is 3. The normalized spacial score (nSPS) is 17.8. The van der Waals surface area contributed by atoms with E-state index >= 15 is 0 Å². The van der Waals surface area contributed by atoms with Crippen molar-refractivity contribution in [2.45, 2.75) is 33.1 Å². The molecule has 0 aliphatic carbocycles. The van der Waals surface area contributed by atoms with E-state index in [0.717, 1.165) is 53.9 Å². The van der Waals surface area contributed by atoms with Crippen molar-refractivity contribution in [2.24, 2.45) is 5.92 Å². The fourth-order valence-electron chi connectivity index (χ4n) is 3.62. The van der Waals surface area contributed by atoms with Gasteiger partial charge in [-0.1, -0.05) is 19.1 Å². The van der Waals surface area contributed by atoms with Crippen LogP contribution in [0.5, 0.6) is 0 Å². The summed E-state index contributed by atoms with van der Waals surface area (Å²) in [5, 5.41) is 1.000. The number of carbonyl (C=O) groups excluding carboxylic acids is 1. The summed E-state index contributed by atoms with van der Waals surface area (Å²) in [6, 6.07) is 7.91. The molecule has 1 aliphatic heterocycles. The Morgan fingerprint density at radius 3 is 2.96 bits per heavy atom. The van der Waals surface area contributed by atoms with Crippen molar-refractivity contribution >= 4 is 33.9 Å². The van der Waals surface area contributed by atoms with E-state index in [1.807, 2.05) is 38.1 Å². The SMILES string of the molecule is CCOC(=O)[C@@H]1CCCN(c2nc(CC)nc3c2oc2ccccc23)C1. The van der Waals surface area contributed by atoms with Gasteiger partial charge in [-0.15, -0.1) is 0 Å². The molecule has 3 aromatic rings. The van der Waals surface area contributed by atoms with Crippen molar-refractivity contribution in [3.05, 3.63) is 30.1 Å². The van der Waals surface area contributed by atoms with E-state index in [0.29, 0.717) is 18.7 Å². The van der Waals surface area contributed by atoms with Gasteiger partial charge in [-0.2, -0.15) is 0 Å². The lowest BCUT2D eigenvalue weighted by Crippen LogP contribution is -2.40. The van der Waals surface area contributed by atoms with Crippen LogP contribution in [0.25, 0.3) is 22.1 Å². The van der Waals surface area contributed by atoms with Gasteiger partial charge >= 0.3 is 5.97 Å². The Kier molecular flexibility index (Phi) is 4.49. The second-order valence-electron chi connectivity index (χ2n) is 6.63. The number of hydrogen-bond donors (Lipinski definition) is 0. The molecule has 0 N–H and O–H groups in total. The lowest BCUT2D eigenvalue weighted by Gasteiger charge is -2.32. The highest BCUT2D eigenvalue weighted by Gasteiger charge is 2.30. The van der Waals surface area contributed by atoms with Crippen LogP contribution < -0.4 is 4.90 Å². The number of aryl methyl sites for hydroxylation is 1. The maximum atomic E-state index is 12.2. The number of aromatic nitrogens is 2. The fourth-order valence-corrected chi connectivity index (χ4v) is 3.62. The third-order valence-electron chi connectivity index (χ3n) is 4.91. The van der Waals surface area contributed by atoms with Crippen LogP contribution in [0.15, 0.2) is 28.7 Å². The minimum absolute atomic E-state index is 0.122. The molecule has 6 nitrogen and oxygen atoms in total. The summed E-state index contributed by atoms with van der Waals surface area (Å²) < 4.78 is 11.3. The molecule has 6 heteroatoms. The Bertz CT molecular complexity index is 950. The van der Waals surface area contributed by atoms with Crippen molar-refractivity contribution < 1.29 is 13.9 Å². The molecule has 4 rings (SSSR count). The number of furan rings is 1. The van der Waals surface area contributed by atoms with Crippen LogP contribution in [0.4, 0.5) is 5.82 Å². The van der Waals surface area contributed by atoms with Gasteiger partial charge in [0.1, 0.15) is 16.9 Å². The molecule has 3 heterocycles. The number of anilines is 1. The number of para-hydroxylation sites is 1. The number of piperidine rings is 1. The van der Waals surface area contributed by atoms with Gasteiger partial charge in [0.15, 0.2) is 11.4 Å². The summed E-state index contributed by atoms with van der Waals surface area (Å²) in [5.74, 6) is 1.33. The first-order valence-corrected chi connectivity index (χ1v) is 9.31. The zero-order chi connectivity index (χ0) is 18.1. The van der Waals surface area contributed by atoms with Crippen LogP contribution >= 0.6 is 0 Å². The average Bonchev–Trinajstić information content (AvgIpc) is 3.06. The summed E-state index contributed by atoms with van der Waals surface area (Å²) in [6.07, 6.45) is 2.53. The summed E-state index contributed by atoms with van der Waals surface area (Å²) in [6.45, 7) is 5.75. The molecule has 1 aromatic carbocycles. The van der Waals surface area contributed by atoms with E-state index in [2.05, 4.69) is 4.90 Å². The summed E-state index contributed by atoms with van der Waals surface area (Å²) in [7, 11) is 0. The second kappa shape index (κ2) is 6.94. The molecule has 0 unspecified atom stereocenters. The lowest BCUT2D eigenvalue weighted by atomic mass is 9.98. The van der Waals surface area contributed by atoms with E-state index in [9.17, 15) is 4.79 Å². The standard InChI is InChI=1S/C20H23N3O3/c1-3-16-21-17-14-9-5-6-10-15(14)26-18(17)19(22-16)23-11-7-8-13(12-23)20(24)25-4-2/h5-6,9-10,13H,3-4,7-8,11-12H2,1-2H3/t13-/m1/s1. The molecule has 26 heavy (non-hydrogen) atoms. The topological polar surface area (TPSA) is 68.5 Å². The molecule has 0 spiro atoms. The van der Waals surface area contributed by atoms with Crippen molar-refractivity contribution in [3.63, 3.8) is 0 Å². The molecular formula is C20H23N3O3. The molecule has 1 aliphatic rings. The molecule has 2 aromatic heterocycles. The number of benzene rings is 1. The maximum Gasteiger partial charge on any atom is 0.310 e. The van der Waals surface area contributed by atoms with Crippen LogP contribution in [0.2, 0.25) is 0 Å². The van der Waals surface area contributed by atoms with E-state index in [4.69, 9.17) is 19.1 Å². The number of esters is 1. The third-order valence-corrected chi connectivity index (χ3v) is 4.91. The number of rotatable bonds is 4. The summed E-state index contributed by atoms with van der Waals surface area (Å²) >= 11 is 0. The van der Waals surface area contributed by atoms with Crippen molar-refractivity contribution in [3.8, 4) is 0 Å². The van der Waals surface area contributed by atoms with Gasteiger partial charge in [-0.25, -0.2) is 9.97 Å². The highest BCUT2D eigenvalue weighted by atomic mass is 16.5. The largest absolute Gasteiger partial charge is 0.466 e. The fraction of sp³-hybridized carbons (Fsp3) is 0.450. The minimum atomic E-state index is -0.122. The first-order valence-electron chi connectivity index (χ1n) is 9.31. The summed E-state index contributed by atoms with van der Waals surface area (Å²) in [5.41, 5.74) is 2.36. The van der Waals surface area contributed by atoms with Crippen LogP contribution in [-0.4, -0.2) is 35.6 Å². The predicted molar refractivity (Wildman–Crippen MR) is 100 cm³/mol. The van der Waals surface area contributed by atoms with Gasteiger partial charge in [-0.05, 0) is 31.9 Å². The van der Waals surface area contributed by atoms with E-state index in [-0.39, 0.29) is 11.9 Å². The Labute approximate surface area is 152 Å². The maximum absolute atomic E-state index is 12.2. The van der Waals surface area contributed by atoms with Gasteiger partial charge in [0, 0.05) is 24.9 Å². The van der Waals surface area contributed by atoms with Gasteiger partial charge < -0.3 is 14.1 Å². The first-order chi connectivity index (χ1) is 12.7. The molecule has 0 amide bonds. The molecule has 136 valence electrons. The molecule has 0 bridgehead atoms.